The summed E-state index contributed by atoms with van der Waals surface area (Å²) in [5.41, 5.74) is -0.378. The van der Waals surface area contributed by atoms with Crippen LogP contribution >= 0.6 is 22.9 Å². The summed E-state index contributed by atoms with van der Waals surface area (Å²) < 4.78 is 32.2. The van der Waals surface area contributed by atoms with Crippen molar-refractivity contribution in [2.45, 2.75) is 71.9 Å². The SMILES string of the molecule is CC(C)Nc1ccc(-c2nnc(-c3cc(F)c(OC[C@@H]4COC(C)(C)N4C(=O)OC(C)(C)C)cc3Cl)s2)cn1. The Morgan fingerprint density at radius 3 is 2.64 bits per heavy atom. The summed E-state index contributed by atoms with van der Waals surface area (Å²) in [6.45, 7) is 13.2. The van der Waals surface area contributed by atoms with Crippen molar-refractivity contribution in [2.75, 3.05) is 18.5 Å². The quantitative estimate of drug-likeness (QED) is 0.334. The first kappa shape index (κ1) is 29.0. The van der Waals surface area contributed by atoms with E-state index < -0.39 is 29.3 Å². The molecule has 0 spiro atoms. The lowest BCUT2D eigenvalue weighted by molar-refractivity contribution is -0.0637. The van der Waals surface area contributed by atoms with Crippen LogP contribution in [0.25, 0.3) is 21.1 Å². The maximum Gasteiger partial charge on any atom is 0.413 e. The second-order valence-electron chi connectivity index (χ2n) is 11.0. The zero-order chi connectivity index (χ0) is 28.5. The van der Waals surface area contributed by atoms with E-state index in [4.69, 9.17) is 25.8 Å². The lowest BCUT2D eigenvalue weighted by Crippen LogP contribution is -2.51. The fraction of sp³-hybridized carbons (Fsp3) is 0.481. The molecule has 1 aromatic carbocycles. The maximum atomic E-state index is 15.1. The number of carbonyl (C=O) groups excluding carboxylic acids is 1. The molecule has 2 aromatic heterocycles. The summed E-state index contributed by atoms with van der Waals surface area (Å²) in [6, 6.07) is 6.24. The Morgan fingerprint density at radius 1 is 1.28 bits per heavy atom. The number of carbonyl (C=O) groups is 1. The smallest absolute Gasteiger partial charge is 0.413 e. The monoisotopic (exact) mass is 577 g/mol. The first-order valence-corrected chi connectivity index (χ1v) is 13.8. The number of nitrogens with one attached hydrogen (secondary N) is 1. The number of benzene rings is 1. The third kappa shape index (κ3) is 6.95. The molecule has 1 aliphatic heterocycles. The van der Waals surface area contributed by atoms with Crippen LogP contribution in [0.5, 0.6) is 5.75 Å². The number of nitrogens with zero attached hydrogens (tertiary/aromatic N) is 4. The van der Waals surface area contributed by atoms with Crippen molar-refractivity contribution < 1.29 is 23.4 Å². The largest absolute Gasteiger partial charge is 0.488 e. The number of anilines is 1. The fourth-order valence-electron chi connectivity index (χ4n) is 4.03. The average Bonchev–Trinajstić information content (AvgIpc) is 3.42. The van der Waals surface area contributed by atoms with E-state index in [1.165, 1.54) is 28.4 Å². The zero-order valence-electron chi connectivity index (χ0n) is 23.0. The molecule has 210 valence electrons. The number of amides is 1. The van der Waals surface area contributed by atoms with Gasteiger partial charge in [-0.2, -0.15) is 0 Å². The first-order chi connectivity index (χ1) is 18.2. The van der Waals surface area contributed by atoms with Crippen LogP contribution in [-0.2, 0) is 9.47 Å². The van der Waals surface area contributed by atoms with E-state index in [0.29, 0.717) is 15.6 Å². The number of hydrogen-bond acceptors (Lipinski definition) is 9. The molecule has 3 aromatic rings. The lowest BCUT2D eigenvalue weighted by atomic mass is 10.2. The number of hydrogen-bond donors (Lipinski definition) is 1. The highest BCUT2D eigenvalue weighted by atomic mass is 35.5. The predicted octanol–water partition coefficient (Wildman–Crippen LogP) is 6.63. The van der Waals surface area contributed by atoms with Crippen LogP contribution in [0.2, 0.25) is 5.02 Å². The molecule has 1 atom stereocenters. The van der Waals surface area contributed by atoms with Crippen molar-refractivity contribution in [2.24, 2.45) is 0 Å². The van der Waals surface area contributed by atoms with Gasteiger partial charge in [-0.1, -0.05) is 22.9 Å². The van der Waals surface area contributed by atoms with Gasteiger partial charge in [-0.05, 0) is 66.7 Å². The Balaban J connectivity index is 1.47. The molecule has 0 bridgehead atoms. The minimum absolute atomic E-state index is 0.00706. The Bertz CT molecular complexity index is 1330. The second-order valence-corrected chi connectivity index (χ2v) is 12.4. The van der Waals surface area contributed by atoms with Gasteiger partial charge in [-0.15, -0.1) is 10.2 Å². The van der Waals surface area contributed by atoms with Crippen LogP contribution < -0.4 is 10.1 Å². The lowest BCUT2D eigenvalue weighted by Gasteiger charge is -2.35. The number of halogens is 2. The summed E-state index contributed by atoms with van der Waals surface area (Å²) in [5, 5.41) is 13.0. The van der Waals surface area contributed by atoms with E-state index in [1.807, 2.05) is 26.0 Å². The minimum Gasteiger partial charge on any atom is -0.488 e. The molecular formula is C27H33ClFN5O4S. The van der Waals surface area contributed by atoms with Crippen molar-refractivity contribution in [3.05, 3.63) is 41.3 Å². The van der Waals surface area contributed by atoms with Crippen molar-refractivity contribution in [3.8, 4) is 26.9 Å². The van der Waals surface area contributed by atoms with Crippen LogP contribution in [0.1, 0.15) is 48.5 Å². The number of ether oxygens (including phenoxy) is 3. The van der Waals surface area contributed by atoms with E-state index in [9.17, 15) is 4.79 Å². The van der Waals surface area contributed by atoms with Crippen molar-refractivity contribution in [3.63, 3.8) is 0 Å². The molecule has 1 amide bonds. The molecule has 0 radical (unpaired) electrons. The summed E-state index contributed by atoms with van der Waals surface area (Å²) in [4.78, 5) is 18.7. The molecule has 1 aliphatic rings. The third-order valence-corrected chi connectivity index (χ3v) is 7.04. The van der Waals surface area contributed by atoms with Crippen molar-refractivity contribution in [1.29, 1.82) is 0 Å². The molecule has 1 saturated heterocycles. The Labute approximate surface area is 236 Å². The molecule has 0 aliphatic carbocycles. The predicted molar refractivity (Wildman–Crippen MR) is 150 cm³/mol. The Kier molecular flexibility index (Phi) is 8.34. The number of aromatic nitrogens is 3. The van der Waals surface area contributed by atoms with Gasteiger partial charge in [0.05, 0.1) is 17.7 Å². The van der Waals surface area contributed by atoms with E-state index >= 15 is 4.39 Å². The van der Waals surface area contributed by atoms with Gasteiger partial charge < -0.3 is 19.5 Å². The number of rotatable bonds is 7. The van der Waals surface area contributed by atoms with Gasteiger partial charge in [0.1, 0.15) is 33.8 Å². The van der Waals surface area contributed by atoms with Crippen LogP contribution in [0.3, 0.4) is 0 Å². The zero-order valence-corrected chi connectivity index (χ0v) is 24.6. The third-order valence-electron chi connectivity index (χ3n) is 5.72. The Hall–Kier alpha value is -3.02. The molecule has 4 rings (SSSR count). The standard InChI is InChI=1S/C27H33ClFN5O4S/c1-15(2)31-22-9-8-16(12-30-22)23-32-33-24(39-23)18-10-20(29)21(11-19(18)28)36-13-17-14-37-27(6,7)34(17)25(35)38-26(3,4)5/h8-12,15,17H,13-14H2,1-7H3,(H,30,31)/t17-/m1/s1. The van der Waals surface area contributed by atoms with Gasteiger partial charge in [0, 0.05) is 29.4 Å². The highest BCUT2D eigenvalue weighted by Crippen LogP contribution is 2.38. The van der Waals surface area contributed by atoms with Crippen LogP contribution in [0.4, 0.5) is 15.0 Å². The summed E-state index contributed by atoms with van der Waals surface area (Å²) >= 11 is 7.80. The highest BCUT2D eigenvalue weighted by Gasteiger charge is 2.46. The summed E-state index contributed by atoms with van der Waals surface area (Å²) in [7, 11) is 0. The highest BCUT2D eigenvalue weighted by molar-refractivity contribution is 7.18. The van der Waals surface area contributed by atoms with E-state index in [-0.39, 0.29) is 30.0 Å². The van der Waals surface area contributed by atoms with Crippen molar-refractivity contribution in [1.82, 2.24) is 20.1 Å². The van der Waals surface area contributed by atoms with Crippen LogP contribution in [0, 0.1) is 5.82 Å². The molecular weight excluding hydrogens is 545 g/mol. The molecule has 0 saturated carbocycles. The van der Waals surface area contributed by atoms with Crippen LogP contribution in [0.15, 0.2) is 30.5 Å². The van der Waals surface area contributed by atoms with Gasteiger partial charge in [-0.25, -0.2) is 14.2 Å². The van der Waals surface area contributed by atoms with Gasteiger partial charge in [0.25, 0.3) is 0 Å². The first-order valence-electron chi connectivity index (χ1n) is 12.6. The average molecular weight is 578 g/mol. The topological polar surface area (TPSA) is 98.7 Å². The van der Waals surface area contributed by atoms with Gasteiger partial charge in [-0.3, -0.25) is 4.90 Å². The summed E-state index contributed by atoms with van der Waals surface area (Å²) in [6.07, 6.45) is 1.18. The van der Waals surface area contributed by atoms with Gasteiger partial charge in [0.15, 0.2) is 11.6 Å². The van der Waals surface area contributed by atoms with E-state index in [0.717, 1.165) is 11.4 Å². The maximum absolute atomic E-state index is 15.1. The number of pyridine rings is 1. The van der Waals surface area contributed by atoms with Gasteiger partial charge in [0.2, 0.25) is 0 Å². The fourth-order valence-corrected chi connectivity index (χ4v) is 5.19. The second kappa shape index (κ2) is 11.2. The van der Waals surface area contributed by atoms with Crippen LogP contribution in [-0.4, -0.2) is 62.8 Å². The molecule has 0 unspecified atom stereocenters. The Morgan fingerprint density at radius 2 is 2.00 bits per heavy atom. The van der Waals surface area contributed by atoms with E-state index in [1.54, 1.807) is 40.8 Å². The van der Waals surface area contributed by atoms with Gasteiger partial charge >= 0.3 is 6.09 Å². The summed E-state index contributed by atoms with van der Waals surface area (Å²) in [5.74, 6) is 0.111. The molecule has 3 heterocycles. The molecule has 1 fully saturated rings. The molecule has 9 nitrogen and oxygen atoms in total. The molecule has 1 N–H and O–H groups in total. The van der Waals surface area contributed by atoms with E-state index in [2.05, 4.69) is 20.5 Å². The minimum atomic E-state index is -0.896. The molecule has 39 heavy (non-hydrogen) atoms. The van der Waals surface area contributed by atoms with Crippen molar-refractivity contribution >= 4 is 34.8 Å². The normalized spacial score (nSPS) is 17.0. The molecule has 12 heteroatoms.